The first-order chi connectivity index (χ1) is 12.2. The van der Waals surface area contributed by atoms with Gasteiger partial charge in [0.05, 0.1) is 23.5 Å². The maximum atomic E-state index is 12.5. The molecule has 11 heteroatoms. The topological polar surface area (TPSA) is 139 Å². The second kappa shape index (κ2) is 7.98. The van der Waals surface area contributed by atoms with Crippen LogP contribution in [0.3, 0.4) is 0 Å². The van der Waals surface area contributed by atoms with Crippen molar-refractivity contribution in [2.45, 2.75) is 36.7 Å². The minimum atomic E-state index is -3.93. The zero-order chi connectivity index (χ0) is 19.5. The van der Waals surface area contributed by atoms with E-state index < -0.39 is 26.6 Å². The molecule has 1 aliphatic carbocycles. The molecule has 0 unspecified atom stereocenters. The predicted octanol–water partition coefficient (Wildman–Crippen LogP) is 0.819. The standard InChI is InChI=1S/C15H21N3O7S/c1-3-17(9-15(19)20)11-6-10(7-11)16-26(23,24)12-4-5-14(25-2)13(8-12)18(21)22/h4-5,8,10-11,16H,3,6-7,9H2,1-2H3,(H,19,20). The van der Waals surface area contributed by atoms with Gasteiger partial charge in [0, 0.05) is 18.2 Å². The number of nitrogens with zero attached hydrogens (tertiary/aromatic N) is 2. The van der Waals surface area contributed by atoms with E-state index in [1.165, 1.54) is 19.2 Å². The maximum Gasteiger partial charge on any atom is 0.317 e. The molecule has 1 aromatic rings. The number of carboxylic acid groups (broad SMARTS) is 1. The summed E-state index contributed by atoms with van der Waals surface area (Å²) >= 11 is 0. The quantitative estimate of drug-likeness (QED) is 0.469. The number of benzene rings is 1. The molecule has 1 aromatic carbocycles. The van der Waals surface area contributed by atoms with Gasteiger partial charge in [-0.25, -0.2) is 13.1 Å². The summed E-state index contributed by atoms with van der Waals surface area (Å²) in [7, 11) is -2.66. The zero-order valence-electron chi connectivity index (χ0n) is 14.4. The number of methoxy groups -OCH3 is 1. The molecule has 0 saturated heterocycles. The van der Waals surface area contributed by atoms with Crippen LogP contribution >= 0.6 is 0 Å². The Labute approximate surface area is 151 Å². The molecular weight excluding hydrogens is 366 g/mol. The number of carboxylic acids is 1. The largest absolute Gasteiger partial charge is 0.490 e. The van der Waals surface area contributed by atoms with Gasteiger partial charge in [-0.1, -0.05) is 6.92 Å². The number of likely N-dealkylation sites (N-methyl/N-ethyl adjacent to an activating group) is 1. The number of hydrogen-bond acceptors (Lipinski definition) is 7. The summed E-state index contributed by atoms with van der Waals surface area (Å²) < 4.78 is 32.3. The van der Waals surface area contributed by atoms with Crippen molar-refractivity contribution in [2.24, 2.45) is 0 Å². The summed E-state index contributed by atoms with van der Waals surface area (Å²) in [5.74, 6) is -0.952. The van der Waals surface area contributed by atoms with Crippen LogP contribution in [0, 0.1) is 10.1 Å². The molecule has 1 saturated carbocycles. The molecule has 0 bridgehead atoms. The van der Waals surface area contributed by atoms with Crippen molar-refractivity contribution in [2.75, 3.05) is 20.2 Å². The smallest absolute Gasteiger partial charge is 0.317 e. The Kier molecular flexibility index (Phi) is 6.16. The van der Waals surface area contributed by atoms with E-state index in [1.807, 2.05) is 6.92 Å². The molecule has 0 radical (unpaired) electrons. The average molecular weight is 387 g/mol. The molecule has 2 N–H and O–H groups in total. The second-order valence-electron chi connectivity index (χ2n) is 5.99. The lowest BCUT2D eigenvalue weighted by Crippen LogP contribution is -2.54. The van der Waals surface area contributed by atoms with Crippen LogP contribution in [0.5, 0.6) is 5.75 Å². The van der Waals surface area contributed by atoms with Crippen molar-refractivity contribution >= 4 is 21.7 Å². The van der Waals surface area contributed by atoms with E-state index in [4.69, 9.17) is 9.84 Å². The van der Waals surface area contributed by atoms with E-state index in [-0.39, 0.29) is 29.3 Å². The van der Waals surface area contributed by atoms with E-state index in [0.29, 0.717) is 19.4 Å². The lowest BCUT2D eigenvalue weighted by atomic mass is 9.86. The van der Waals surface area contributed by atoms with E-state index in [1.54, 1.807) is 4.90 Å². The second-order valence-corrected chi connectivity index (χ2v) is 7.71. The zero-order valence-corrected chi connectivity index (χ0v) is 15.2. The molecule has 1 fully saturated rings. The Hall–Kier alpha value is -2.24. The van der Waals surface area contributed by atoms with Crippen LogP contribution in [-0.2, 0) is 14.8 Å². The Bertz CT molecular complexity index is 790. The molecule has 0 spiro atoms. The summed E-state index contributed by atoms with van der Waals surface area (Å²) in [5, 5.41) is 19.9. The minimum Gasteiger partial charge on any atom is -0.490 e. The van der Waals surface area contributed by atoms with Gasteiger partial charge in [-0.3, -0.25) is 19.8 Å². The first-order valence-electron chi connectivity index (χ1n) is 7.98. The molecule has 2 rings (SSSR count). The highest BCUT2D eigenvalue weighted by molar-refractivity contribution is 7.89. The number of rotatable bonds is 9. The van der Waals surface area contributed by atoms with Gasteiger partial charge >= 0.3 is 11.7 Å². The third-order valence-electron chi connectivity index (χ3n) is 4.35. The summed E-state index contributed by atoms with van der Waals surface area (Å²) in [6.07, 6.45) is 0.969. The van der Waals surface area contributed by atoms with E-state index >= 15 is 0 Å². The Balaban J connectivity index is 2.06. The average Bonchev–Trinajstić information content (AvgIpc) is 2.55. The van der Waals surface area contributed by atoms with Gasteiger partial charge in [0.15, 0.2) is 5.75 Å². The molecule has 26 heavy (non-hydrogen) atoms. The Morgan fingerprint density at radius 1 is 1.46 bits per heavy atom. The van der Waals surface area contributed by atoms with Crippen molar-refractivity contribution in [1.82, 2.24) is 9.62 Å². The van der Waals surface area contributed by atoms with Crippen molar-refractivity contribution in [3.8, 4) is 5.75 Å². The van der Waals surface area contributed by atoms with Crippen molar-refractivity contribution in [3.05, 3.63) is 28.3 Å². The third kappa shape index (κ3) is 4.48. The van der Waals surface area contributed by atoms with E-state index in [9.17, 15) is 23.3 Å². The minimum absolute atomic E-state index is 0.00555. The number of carbonyl (C=O) groups is 1. The molecule has 0 atom stereocenters. The molecule has 144 valence electrons. The lowest BCUT2D eigenvalue weighted by molar-refractivity contribution is -0.386. The monoisotopic (exact) mass is 387 g/mol. The summed E-state index contributed by atoms with van der Waals surface area (Å²) in [6, 6.07) is 3.10. The highest BCUT2D eigenvalue weighted by Crippen LogP contribution is 2.31. The van der Waals surface area contributed by atoms with Crippen molar-refractivity contribution in [3.63, 3.8) is 0 Å². The molecule has 0 aromatic heterocycles. The molecule has 1 aliphatic rings. The number of nitrogens with one attached hydrogen (secondary N) is 1. The summed E-state index contributed by atoms with van der Waals surface area (Å²) in [6.45, 7) is 2.31. The fraction of sp³-hybridized carbons (Fsp3) is 0.533. The van der Waals surface area contributed by atoms with Crippen LogP contribution in [0.1, 0.15) is 19.8 Å². The molecule has 10 nitrogen and oxygen atoms in total. The normalized spacial score (nSPS) is 19.8. The number of nitro groups is 1. The molecule has 0 amide bonds. The number of hydrogen-bond donors (Lipinski definition) is 2. The van der Waals surface area contributed by atoms with Gasteiger partial charge in [0.2, 0.25) is 10.0 Å². The van der Waals surface area contributed by atoms with Gasteiger partial charge in [0.1, 0.15) is 0 Å². The van der Waals surface area contributed by atoms with Crippen LogP contribution in [0.2, 0.25) is 0 Å². The fourth-order valence-electron chi connectivity index (χ4n) is 2.92. The van der Waals surface area contributed by atoms with Gasteiger partial charge in [-0.15, -0.1) is 0 Å². The highest BCUT2D eigenvalue weighted by atomic mass is 32.2. The first kappa shape index (κ1) is 20.1. The molecular formula is C15H21N3O7S. The third-order valence-corrected chi connectivity index (χ3v) is 5.87. The van der Waals surface area contributed by atoms with Crippen molar-refractivity contribution in [1.29, 1.82) is 0 Å². The fourth-order valence-corrected chi connectivity index (χ4v) is 4.20. The predicted molar refractivity (Wildman–Crippen MR) is 91.7 cm³/mol. The lowest BCUT2D eigenvalue weighted by Gasteiger charge is -2.42. The van der Waals surface area contributed by atoms with Crippen LogP contribution in [0.25, 0.3) is 0 Å². The van der Waals surface area contributed by atoms with Gasteiger partial charge in [-0.05, 0) is 31.5 Å². The van der Waals surface area contributed by atoms with Gasteiger partial charge < -0.3 is 9.84 Å². The summed E-state index contributed by atoms with van der Waals surface area (Å²) in [4.78, 5) is 22.7. The van der Waals surface area contributed by atoms with Crippen molar-refractivity contribution < 1.29 is 28.0 Å². The van der Waals surface area contributed by atoms with E-state index in [0.717, 1.165) is 6.07 Å². The van der Waals surface area contributed by atoms with Crippen LogP contribution in [-0.4, -0.2) is 61.6 Å². The Morgan fingerprint density at radius 2 is 2.12 bits per heavy atom. The van der Waals surface area contributed by atoms with Crippen LogP contribution in [0.15, 0.2) is 23.1 Å². The number of sulfonamides is 1. The van der Waals surface area contributed by atoms with Gasteiger partial charge in [0.25, 0.3) is 0 Å². The number of nitro benzene ring substituents is 1. The SMILES string of the molecule is CCN(CC(=O)O)C1CC(NS(=O)(=O)c2ccc(OC)c([N+](=O)[O-])c2)C1. The molecule has 0 heterocycles. The van der Waals surface area contributed by atoms with Gasteiger partial charge in [-0.2, -0.15) is 0 Å². The number of ether oxygens (including phenoxy) is 1. The maximum absolute atomic E-state index is 12.5. The van der Waals surface area contributed by atoms with Crippen LogP contribution < -0.4 is 9.46 Å². The highest BCUT2D eigenvalue weighted by Gasteiger charge is 2.36. The summed E-state index contributed by atoms with van der Waals surface area (Å²) in [5.41, 5.74) is -0.430. The van der Waals surface area contributed by atoms with E-state index in [2.05, 4.69) is 4.72 Å². The van der Waals surface area contributed by atoms with Crippen LogP contribution in [0.4, 0.5) is 5.69 Å². The number of aliphatic carboxylic acids is 1. The Morgan fingerprint density at radius 3 is 2.62 bits per heavy atom. The molecule has 0 aliphatic heterocycles. The first-order valence-corrected chi connectivity index (χ1v) is 9.46.